The molecule has 0 aliphatic rings. The number of nitrogens with two attached hydrogens (primary N) is 1. The van der Waals surface area contributed by atoms with Gasteiger partial charge in [0.15, 0.2) is 0 Å². The summed E-state index contributed by atoms with van der Waals surface area (Å²) in [5, 5.41) is 0. The van der Waals surface area contributed by atoms with E-state index in [1.54, 1.807) is 0 Å². The minimum atomic E-state index is 0.834. The van der Waals surface area contributed by atoms with Crippen LogP contribution in [0.3, 0.4) is 0 Å². The first-order valence-electron chi connectivity index (χ1n) is 13.4. The van der Waals surface area contributed by atoms with Crippen molar-refractivity contribution in [2.45, 2.75) is 136 Å². The van der Waals surface area contributed by atoms with Crippen molar-refractivity contribution in [3.8, 4) is 0 Å². The quantitative estimate of drug-likeness (QED) is 0.129. The standard InChI is InChI=1S/C27H56N2/c1-3-5-7-9-11-12-13-14-15-16-17-18-20-22-26-29(27-23-24-28)25-21-19-10-8-6-4-2/h12-13H,3-11,14-28H2,1-2H3/b13-12-. The second-order valence-corrected chi connectivity index (χ2v) is 8.98. The highest BCUT2D eigenvalue weighted by molar-refractivity contribution is 4.81. The smallest absolute Gasteiger partial charge is 0.000672 e. The van der Waals surface area contributed by atoms with Crippen LogP contribution >= 0.6 is 0 Å². The summed E-state index contributed by atoms with van der Waals surface area (Å²) < 4.78 is 0. The molecular weight excluding hydrogens is 352 g/mol. The van der Waals surface area contributed by atoms with Crippen LogP contribution in [0.1, 0.15) is 136 Å². The average molecular weight is 409 g/mol. The van der Waals surface area contributed by atoms with Crippen LogP contribution in [0.2, 0.25) is 0 Å². The molecule has 0 radical (unpaired) electrons. The molecular formula is C27H56N2. The molecule has 0 heterocycles. The van der Waals surface area contributed by atoms with Gasteiger partial charge in [-0.1, -0.05) is 103 Å². The SMILES string of the molecule is CCCCCC/C=C\CCCCCCCCN(CCCN)CCCCCCCC. The second-order valence-electron chi connectivity index (χ2n) is 8.98. The van der Waals surface area contributed by atoms with Gasteiger partial charge in [-0.2, -0.15) is 0 Å². The summed E-state index contributed by atoms with van der Waals surface area (Å²) >= 11 is 0. The van der Waals surface area contributed by atoms with Gasteiger partial charge in [0.05, 0.1) is 0 Å². The van der Waals surface area contributed by atoms with E-state index in [4.69, 9.17) is 5.73 Å². The molecule has 2 nitrogen and oxygen atoms in total. The van der Waals surface area contributed by atoms with Gasteiger partial charge in [-0.05, 0) is 71.1 Å². The zero-order chi connectivity index (χ0) is 21.3. The lowest BCUT2D eigenvalue weighted by atomic mass is 10.1. The number of unbranched alkanes of at least 4 members (excludes halogenated alkanes) is 15. The Morgan fingerprint density at radius 2 is 0.862 bits per heavy atom. The Labute approximate surface area is 185 Å². The van der Waals surface area contributed by atoms with Crippen LogP contribution < -0.4 is 5.73 Å². The highest BCUT2D eigenvalue weighted by atomic mass is 15.1. The fraction of sp³-hybridized carbons (Fsp3) is 0.926. The van der Waals surface area contributed by atoms with Gasteiger partial charge < -0.3 is 10.6 Å². The topological polar surface area (TPSA) is 29.3 Å². The normalized spacial score (nSPS) is 11.9. The molecule has 0 unspecified atom stereocenters. The van der Waals surface area contributed by atoms with Crippen LogP contribution in [0.4, 0.5) is 0 Å². The fourth-order valence-electron chi connectivity index (χ4n) is 4.00. The molecule has 0 saturated carbocycles. The predicted molar refractivity (Wildman–Crippen MR) is 134 cm³/mol. The summed E-state index contributed by atoms with van der Waals surface area (Å²) in [5.41, 5.74) is 5.74. The van der Waals surface area contributed by atoms with Gasteiger partial charge in [0.2, 0.25) is 0 Å². The van der Waals surface area contributed by atoms with E-state index in [0.29, 0.717) is 0 Å². The third kappa shape index (κ3) is 23.8. The van der Waals surface area contributed by atoms with Gasteiger partial charge in [0, 0.05) is 0 Å². The van der Waals surface area contributed by atoms with Crippen molar-refractivity contribution < 1.29 is 0 Å². The molecule has 2 heteroatoms. The Kier molecular flexibility index (Phi) is 25.4. The van der Waals surface area contributed by atoms with Crippen molar-refractivity contribution in [3.05, 3.63) is 12.2 Å². The first kappa shape index (κ1) is 28.7. The molecule has 0 fully saturated rings. The van der Waals surface area contributed by atoms with E-state index < -0.39 is 0 Å². The molecule has 0 atom stereocenters. The Bertz CT molecular complexity index is 314. The maximum Gasteiger partial charge on any atom is -0.000672 e. The third-order valence-corrected chi connectivity index (χ3v) is 5.99. The van der Waals surface area contributed by atoms with E-state index in [-0.39, 0.29) is 0 Å². The van der Waals surface area contributed by atoms with Gasteiger partial charge in [0.25, 0.3) is 0 Å². The lowest BCUT2D eigenvalue weighted by Gasteiger charge is -2.22. The molecule has 0 amide bonds. The summed E-state index contributed by atoms with van der Waals surface area (Å²) in [5.74, 6) is 0. The molecule has 0 bridgehead atoms. The summed E-state index contributed by atoms with van der Waals surface area (Å²) in [6, 6.07) is 0. The molecule has 0 saturated heterocycles. The van der Waals surface area contributed by atoms with E-state index in [1.165, 1.54) is 135 Å². The molecule has 0 aromatic heterocycles. The third-order valence-electron chi connectivity index (χ3n) is 5.99. The molecule has 2 N–H and O–H groups in total. The largest absolute Gasteiger partial charge is 0.330 e. The monoisotopic (exact) mass is 408 g/mol. The molecule has 0 aliphatic carbocycles. The van der Waals surface area contributed by atoms with E-state index >= 15 is 0 Å². The van der Waals surface area contributed by atoms with Crippen LogP contribution in [-0.2, 0) is 0 Å². The number of nitrogens with zero attached hydrogens (tertiary/aromatic N) is 1. The second kappa shape index (κ2) is 25.7. The molecule has 29 heavy (non-hydrogen) atoms. The van der Waals surface area contributed by atoms with Crippen LogP contribution in [0.5, 0.6) is 0 Å². The van der Waals surface area contributed by atoms with Gasteiger partial charge in [-0.25, -0.2) is 0 Å². The van der Waals surface area contributed by atoms with Gasteiger partial charge in [-0.3, -0.25) is 0 Å². The fourth-order valence-corrected chi connectivity index (χ4v) is 4.00. The molecule has 0 aromatic carbocycles. The van der Waals surface area contributed by atoms with E-state index in [1.807, 2.05) is 0 Å². The van der Waals surface area contributed by atoms with Crippen LogP contribution in [0.15, 0.2) is 12.2 Å². The van der Waals surface area contributed by atoms with Crippen molar-refractivity contribution in [1.82, 2.24) is 4.90 Å². The van der Waals surface area contributed by atoms with E-state index in [9.17, 15) is 0 Å². The van der Waals surface area contributed by atoms with Gasteiger partial charge >= 0.3 is 0 Å². The summed E-state index contributed by atoms with van der Waals surface area (Å²) in [7, 11) is 0. The summed E-state index contributed by atoms with van der Waals surface area (Å²) in [6.45, 7) is 9.19. The highest BCUT2D eigenvalue weighted by Gasteiger charge is 2.04. The van der Waals surface area contributed by atoms with Crippen LogP contribution in [0.25, 0.3) is 0 Å². The minimum Gasteiger partial charge on any atom is -0.330 e. The maximum atomic E-state index is 5.74. The van der Waals surface area contributed by atoms with Crippen molar-refractivity contribution in [3.63, 3.8) is 0 Å². The first-order valence-corrected chi connectivity index (χ1v) is 13.4. The molecule has 0 rings (SSSR count). The maximum absolute atomic E-state index is 5.74. The predicted octanol–water partition coefficient (Wildman–Crippen LogP) is 8.26. The van der Waals surface area contributed by atoms with Crippen LogP contribution in [0, 0.1) is 0 Å². The summed E-state index contributed by atoms with van der Waals surface area (Å²) in [4.78, 5) is 2.68. The van der Waals surface area contributed by atoms with Crippen molar-refractivity contribution in [2.24, 2.45) is 5.73 Å². The molecule has 174 valence electrons. The lowest BCUT2D eigenvalue weighted by Crippen LogP contribution is -2.28. The van der Waals surface area contributed by atoms with Crippen molar-refractivity contribution in [1.29, 1.82) is 0 Å². The first-order chi connectivity index (χ1) is 14.3. The average Bonchev–Trinajstić information content (AvgIpc) is 2.74. The number of hydrogen-bond acceptors (Lipinski definition) is 2. The Morgan fingerprint density at radius 1 is 0.483 bits per heavy atom. The minimum absolute atomic E-state index is 0.834. The number of allylic oxidation sites excluding steroid dienone is 2. The number of hydrogen-bond donors (Lipinski definition) is 1. The molecule has 0 aromatic rings. The molecule has 0 spiro atoms. The number of rotatable bonds is 24. The zero-order valence-electron chi connectivity index (χ0n) is 20.4. The van der Waals surface area contributed by atoms with Crippen molar-refractivity contribution >= 4 is 0 Å². The van der Waals surface area contributed by atoms with Crippen molar-refractivity contribution in [2.75, 3.05) is 26.2 Å². The lowest BCUT2D eigenvalue weighted by molar-refractivity contribution is 0.258. The Morgan fingerprint density at radius 3 is 1.34 bits per heavy atom. The zero-order valence-corrected chi connectivity index (χ0v) is 20.4. The Balaban J connectivity index is 3.50. The van der Waals surface area contributed by atoms with Crippen LogP contribution in [-0.4, -0.2) is 31.1 Å². The summed E-state index contributed by atoms with van der Waals surface area (Å²) in [6.07, 6.45) is 30.9. The highest BCUT2D eigenvalue weighted by Crippen LogP contribution is 2.11. The van der Waals surface area contributed by atoms with E-state index in [2.05, 4.69) is 30.9 Å². The molecule has 0 aliphatic heterocycles. The van der Waals surface area contributed by atoms with Gasteiger partial charge in [0.1, 0.15) is 0 Å². The Hall–Kier alpha value is -0.340. The van der Waals surface area contributed by atoms with Gasteiger partial charge in [-0.15, -0.1) is 0 Å². The van der Waals surface area contributed by atoms with E-state index in [0.717, 1.165) is 13.0 Å².